The Bertz CT molecular complexity index is 1200. The lowest BCUT2D eigenvalue weighted by Crippen LogP contribution is -2.04. The van der Waals surface area contributed by atoms with E-state index in [2.05, 4.69) is 0 Å². The molecule has 0 aliphatic heterocycles. The molecule has 9 nitrogen and oxygen atoms in total. The van der Waals surface area contributed by atoms with E-state index in [-0.39, 0.29) is 0 Å². The SMILES string of the molecule is COc1cccc(-c2nc(-c3cccc(OC)c3OC)nc(-c3cccc(OC)c3OC)n2)c1OC. The first-order chi connectivity index (χ1) is 17.6. The Morgan fingerprint density at radius 1 is 0.389 bits per heavy atom. The normalized spacial score (nSPS) is 10.5. The molecule has 0 aliphatic carbocycles. The molecule has 9 heteroatoms. The zero-order chi connectivity index (χ0) is 25.7. The first kappa shape index (κ1) is 24.6. The van der Waals surface area contributed by atoms with Crippen molar-refractivity contribution >= 4 is 0 Å². The summed E-state index contributed by atoms with van der Waals surface area (Å²) in [6.07, 6.45) is 0. The average Bonchev–Trinajstić information content (AvgIpc) is 2.95. The number of hydrogen-bond donors (Lipinski definition) is 0. The van der Waals surface area contributed by atoms with Crippen molar-refractivity contribution in [2.75, 3.05) is 42.7 Å². The summed E-state index contributed by atoms with van der Waals surface area (Å²) in [6.45, 7) is 0. The fraction of sp³-hybridized carbons (Fsp3) is 0.222. The van der Waals surface area contributed by atoms with Gasteiger partial charge in [-0.15, -0.1) is 0 Å². The second-order valence-corrected chi connectivity index (χ2v) is 7.43. The molecule has 0 bridgehead atoms. The third-order valence-corrected chi connectivity index (χ3v) is 5.57. The van der Waals surface area contributed by atoms with Crippen molar-refractivity contribution in [3.63, 3.8) is 0 Å². The Morgan fingerprint density at radius 2 is 0.667 bits per heavy atom. The van der Waals surface area contributed by atoms with E-state index in [1.54, 1.807) is 42.7 Å². The van der Waals surface area contributed by atoms with Gasteiger partial charge in [0, 0.05) is 0 Å². The highest BCUT2D eigenvalue weighted by Crippen LogP contribution is 2.42. The van der Waals surface area contributed by atoms with Gasteiger partial charge in [-0.25, -0.2) is 15.0 Å². The van der Waals surface area contributed by atoms with Crippen molar-refractivity contribution in [1.82, 2.24) is 15.0 Å². The first-order valence-electron chi connectivity index (χ1n) is 11.0. The minimum atomic E-state index is 0.375. The Kier molecular flexibility index (Phi) is 7.39. The van der Waals surface area contributed by atoms with Crippen LogP contribution in [-0.4, -0.2) is 57.6 Å². The van der Waals surface area contributed by atoms with Crippen molar-refractivity contribution in [3.8, 4) is 68.7 Å². The largest absolute Gasteiger partial charge is 0.493 e. The number of aromatic nitrogens is 3. The van der Waals surface area contributed by atoms with Crippen molar-refractivity contribution in [2.24, 2.45) is 0 Å². The topological polar surface area (TPSA) is 94.1 Å². The summed E-state index contributed by atoms with van der Waals surface area (Å²) in [7, 11) is 9.44. The van der Waals surface area contributed by atoms with Crippen LogP contribution in [0.3, 0.4) is 0 Å². The van der Waals surface area contributed by atoms with E-state index in [9.17, 15) is 0 Å². The monoisotopic (exact) mass is 489 g/mol. The lowest BCUT2D eigenvalue weighted by atomic mass is 10.1. The molecule has 4 aromatic rings. The molecular weight excluding hydrogens is 462 g/mol. The van der Waals surface area contributed by atoms with Gasteiger partial charge >= 0.3 is 0 Å². The molecule has 186 valence electrons. The van der Waals surface area contributed by atoms with E-state index in [0.29, 0.717) is 68.7 Å². The van der Waals surface area contributed by atoms with E-state index >= 15 is 0 Å². The van der Waals surface area contributed by atoms with Crippen LogP contribution >= 0.6 is 0 Å². The summed E-state index contributed by atoms with van der Waals surface area (Å²) in [5.74, 6) is 4.28. The minimum Gasteiger partial charge on any atom is -0.493 e. The fourth-order valence-electron chi connectivity index (χ4n) is 3.93. The maximum atomic E-state index is 5.66. The second kappa shape index (κ2) is 10.8. The molecular formula is C27H27N3O6. The van der Waals surface area contributed by atoms with Crippen LogP contribution in [0.5, 0.6) is 34.5 Å². The van der Waals surface area contributed by atoms with Gasteiger partial charge in [-0.3, -0.25) is 0 Å². The van der Waals surface area contributed by atoms with Crippen LogP contribution in [0.15, 0.2) is 54.6 Å². The molecule has 0 amide bonds. The minimum absolute atomic E-state index is 0.375. The average molecular weight is 490 g/mol. The number of nitrogens with zero attached hydrogens (tertiary/aromatic N) is 3. The van der Waals surface area contributed by atoms with Crippen LogP contribution in [0.25, 0.3) is 34.2 Å². The van der Waals surface area contributed by atoms with E-state index in [0.717, 1.165) is 0 Å². The molecule has 0 atom stereocenters. The third-order valence-electron chi connectivity index (χ3n) is 5.57. The number of benzene rings is 3. The van der Waals surface area contributed by atoms with E-state index in [4.69, 9.17) is 43.4 Å². The Hall–Kier alpha value is -4.53. The Morgan fingerprint density at radius 3 is 0.889 bits per heavy atom. The summed E-state index contributed by atoms with van der Waals surface area (Å²) < 4.78 is 33.5. The van der Waals surface area contributed by atoms with Crippen LogP contribution in [0.4, 0.5) is 0 Å². The van der Waals surface area contributed by atoms with E-state index < -0.39 is 0 Å². The van der Waals surface area contributed by atoms with Gasteiger partial charge in [0.05, 0.1) is 59.3 Å². The predicted molar refractivity (Wildman–Crippen MR) is 135 cm³/mol. The molecule has 0 fully saturated rings. The van der Waals surface area contributed by atoms with Gasteiger partial charge in [0.15, 0.2) is 52.0 Å². The molecule has 3 aromatic carbocycles. The molecule has 0 spiro atoms. The van der Waals surface area contributed by atoms with Crippen LogP contribution in [0, 0.1) is 0 Å². The molecule has 0 saturated heterocycles. The highest BCUT2D eigenvalue weighted by Gasteiger charge is 2.22. The van der Waals surface area contributed by atoms with Crippen LogP contribution < -0.4 is 28.4 Å². The van der Waals surface area contributed by atoms with Gasteiger partial charge in [0.1, 0.15) is 0 Å². The van der Waals surface area contributed by atoms with Crippen molar-refractivity contribution in [1.29, 1.82) is 0 Å². The molecule has 0 radical (unpaired) electrons. The maximum Gasteiger partial charge on any atom is 0.171 e. The van der Waals surface area contributed by atoms with Gasteiger partial charge in [0.25, 0.3) is 0 Å². The van der Waals surface area contributed by atoms with Gasteiger partial charge in [0.2, 0.25) is 0 Å². The quantitative estimate of drug-likeness (QED) is 0.324. The molecule has 36 heavy (non-hydrogen) atoms. The fourth-order valence-corrected chi connectivity index (χ4v) is 3.93. The number of para-hydroxylation sites is 3. The molecule has 0 N–H and O–H groups in total. The maximum absolute atomic E-state index is 5.66. The molecule has 1 aromatic heterocycles. The summed E-state index contributed by atoms with van der Waals surface area (Å²) in [5.41, 5.74) is 1.89. The zero-order valence-electron chi connectivity index (χ0n) is 21.0. The van der Waals surface area contributed by atoms with Crippen LogP contribution in [-0.2, 0) is 0 Å². The molecule has 0 saturated carbocycles. The predicted octanol–water partition coefficient (Wildman–Crippen LogP) is 4.92. The molecule has 4 rings (SSSR count). The first-order valence-corrected chi connectivity index (χ1v) is 11.0. The Labute approximate surface area is 209 Å². The zero-order valence-corrected chi connectivity index (χ0v) is 21.0. The third kappa shape index (κ3) is 4.43. The van der Waals surface area contributed by atoms with E-state index in [1.165, 1.54) is 0 Å². The van der Waals surface area contributed by atoms with Gasteiger partial charge in [-0.2, -0.15) is 0 Å². The summed E-state index contributed by atoms with van der Waals surface area (Å²) in [4.78, 5) is 14.4. The molecule has 0 aliphatic rings. The number of rotatable bonds is 9. The standard InChI is InChI=1S/C27H27N3O6/c1-31-19-13-7-10-16(22(19)34-4)25-28-26(17-11-8-14-20(32-2)23(17)35-5)30-27(29-25)18-12-9-15-21(33-3)24(18)36-6/h7-15H,1-6H3. The lowest BCUT2D eigenvalue weighted by molar-refractivity contribution is 0.355. The van der Waals surface area contributed by atoms with E-state index in [1.807, 2.05) is 54.6 Å². The lowest BCUT2D eigenvalue weighted by Gasteiger charge is -2.16. The highest BCUT2D eigenvalue weighted by molar-refractivity contribution is 5.77. The van der Waals surface area contributed by atoms with Gasteiger partial charge < -0.3 is 28.4 Å². The number of methoxy groups -OCH3 is 6. The van der Waals surface area contributed by atoms with Gasteiger partial charge in [-0.05, 0) is 36.4 Å². The summed E-state index contributed by atoms with van der Waals surface area (Å²) in [5, 5.41) is 0. The second-order valence-electron chi connectivity index (χ2n) is 7.43. The van der Waals surface area contributed by atoms with Gasteiger partial charge in [-0.1, -0.05) is 18.2 Å². The van der Waals surface area contributed by atoms with Crippen molar-refractivity contribution in [3.05, 3.63) is 54.6 Å². The van der Waals surface area contributed by atoms with Crippen molar-refractivity contribution in [2.45, 2.75) is 0 Å². The van der Waals surface area contributed by atoms with Crippen LogP contribution in [0.1, 0.15) is 0 Å². The summed E-state index contributed by atoms with van der Waals surface area (Å²) in [6, 6.07) is 16.5. The molecule has 0 unspecified atom stereocenters. The highest BCUT2D eigenvalue weighted by atomic mass is 16.5. The number of ether oxygens (including phenoxy) is 6. The molecule has 1 heterocycles. The smallest absolute Gasteiger partial charge is 0.171 e. The summed E-state index contributed by atoms with van der Waals surface area (Å²) >= 11 is 0. The number of hydrogen-bond acceptors (Lipinski definition) is 9. The van der Waals surface area contributed by atoms with Crippen LogP contribution in [0.2, 0.25) is 0 Å². The Balaban J connectivity index is 2.06. The van der Waals surface area contributed by atoms with Crippen molar-refractivity contribution < 1.29 is 28.4 Å².